The number of benzene rings is 1. The number of nitrogens with one attached hydrogen (secondary N) is 1. The van der Waals surface area contributed by atoms with Crippen molar-refractivity contribution >= 4 is 11.6 Å². The molecule has 5 heteroatoms. The molecule has 0 aliphatic carbocycles. The summed E-state index contributed by atoms with van der Waals surface area (Å²) in [5, 5.41) is 3.21. The molecule has 1 aromatic heterocycles. The van der Waals surface area contributed by atoms with E-state index in [2.05, 4.69) is 62.0 Å². The third-order valence-corrected chi connectivity index (χ3v) is 4.03. The molecule has 0 atom stereocenters. The van der Waals surface area contributed by atoms with E-state index in [4.69, 9.17) is 0 Å². The Morgan fingerprint density at radius 3 is 2.61 bits per heavy atom. The number of anilines is 2. The highest BCUT2D eigenvalue weighted by Gasteiger charge is 2.18. The average Bonchev–Trinajstić information content (AvgIpc) is 2.62. The zero-order valence-corrected chi connectivity index (χ0v) is 13.4. The topological polar surface area (TPSA) is 44.3 Å². The molecule has 0 amide bonds. The molecule has 0 unspecified atom stereocenters. The summed E-state index contributed by atoms with van der Waals surface area (Å²) in [4.78, 5) is 13.5. The zero-order chi connectivity index (χ0) is 15.9. The Kier molecular flexibility index (Phi) is 5.21. The van der Waals surface area contributed by atoms with E-state index in [1.807, 2.05) is 12.1 Å². The van der Waals surface area contributed by atoms with Crippen molar-refractivity contribution in [1.29, 1.82) is 0 Å². The van der Waals surface area contributed by atoms with Gasteiger partial charge in [0.2, 0.25) is 0 Å². The second-order valence-corrected chi connectivity index (χ2v) is 5.68. The molecule has 5 nitrogen and oxygen atoms in total. The van der Waals surface area contributed by atoms with Crippen LogP contribution in [0.3, 0.4) is 0 Å². The standard InChI is InChI=1S/C18H23N5/c1-2-8-19-17-13-18(21-15-20-17)23-11-9-22(10-12-23)14-16-6-4-3-5-7-16/h2-7,13,15H,1,8-12,14H2,(H,19,20,21). The molecule has 23 heavy (non-hydrogen) atoms. The van der Waals surface area contributed by atoms with Gasteiger partial charge < -0.3 is 10.2 Å². The van der Waals surface area contributed by atoms with E-state index in [1.165, 1.54) is 5.56 Å². The van der Waals surface area contributed by atoms with Gasteiger partial charge in [-0.3, -0.25) is 4.90 Å². The lowest BCUT2D eigenvalue weighted by molar-refractivity contribution is 0.249. The molecule has 0 spiro atoms. The number of rotatable bonds is 6. The predicted molar refractivity (Wildman–Crippen MR) is 94.7 cm³/mol. The Labute approximate surface area is 137 Å². The van der Waals surface area contributed by atoms with Crippen LogP contribution < -0.4 is 10.2 Å². The van der Waals surface area contributed by atoms with Crippen molar-refractivity contribution in [3.05, 3.63) is 60.9 Å². The molecule has 1 aliphatic heterocycles. The maximum atomic E-state index is 4.41. The summed E-state index contributed by atoms with van der Waals surface area (Å²) in [5.41, 5.74) is 1.37. The highest BCUT2D eigenvalue weighted by Crippen LogP contribution is 2.17. The molecule has 0 radical (unpaired) electrons. The van der Waals surface area contributed by atoms with Crippen molar-refractivity contribution in [1.82, 2.24) is 14.9 Å². The molecule has 3 rings (SSSR count). The van der Waals surface area contributed by atoms with E-state index in [9.17, 15) is 0 Å². The smallest absolute Gasteiger partial charge is 0.134 e. The highest BCUT2D eigenvalue weighted by atomic mass is 15.3. The van der Waals surface area contributed by atoms with Gasteiger partial charge in [-0.2, -0.15) is 0 Å². The van der Waals surface area contributed by atoms with Crippen LogP contribution in [0.5, 0.6) is 0 Å². The molecule has 1 fully saturated rings. The lowest BCUT2D eigenvalue weighted by Gasteiger charge is -2.35. The van der Waals surface area contributed by atoms with Crippen molar-refractivity contribution in [2.24, 2.45) is 0 Å². The summed E-state index contributed by atoms with van der Waals surface area (Å²) in [6, 6.07) is 12.7. The number of hydrogen-bond acceptors (Lipinski definition) is 5. The number of aromatic nitrogens is 2. The maximum Gasteiger partial charge on any atom is 0.134 e. The molecule has 2 heterocycles. The first kappa shape index (κ1) is 15.5. The summed E-state index contributed by atoms with van der Waals surface area (Å²) in [6.45, 7) is 9.52. The lowest BCUT2D eigenvalue weighted by Crippen LogP contribution is -2.46. The van der Waals surface area contributed by atoms with Crippen molar-refractivity contribution in [2.45, 2.75) is 6.54 Å². The summed E-state index contributed by atoms with van der Waals surface area (Å²) in [5.74, 6) is 1.84. The third kappa shape index (κ3) is 4.29. The molecular formula is C18H23N5. The van der Waals surface area contributed by atoms with E-state index in [0.717, 1.165) is 44.4 Å². The van der Waals surface area contributed by atoms with E-state index >= 15 is 0 Å². The number of nitrogens with zero attached hydrogens (tertiary/aromatic N) is 4. The largest absolute Gasteiger partial charge is 0.366 e. The molecule has 1 aliphatic rings. The fourth-order valence-corrected chi connectivity index (χ4v) is 2.77. The van der Waals surface area contributed by atoms with E-state index < -0.39 is 0 Å². The molecule has 0 saturated carbocycles. The van der Waals surface area contributed by atoms with Gasteiger partial charge in [-0.05, 0) is 5.56 Å². The summed E-state index contributed by atoms with van der Waals surface area (Å²) in [7, 11) is 0. The highest BCUT2D eigenvalue weighted by molar-refractivity contribution is 5.49. The summed E-state index contributed by atoms with van der Waals surface area (Å²) < 4.78 is 0. The molecule has 2 aromatic rings. The van der Waals surface area contributed by atoms with E-state index in [1.54, 1.807) is 6.33 Å². The average molecular weight is 309 g/mol. The van der Waals surface area contributed by atoms with Crippen LogP contribution in [-0.2, 0) is 6.54 Å². The van der Waals surface area contributed by atoms with Gasteiger partial charge in [-0.15, -0.1) is 6.58 Å². The van der Waals surface area contributed by atoms with Gasteiger partial charge in [-0.25, -0.2) is 9.97 Å². The summed E-state index contributed by atoms with van der Waals surface area (Å²) in [6.07, 6.45) is 3.45. The quantitative estimate of drug-likeness (QED) is 0.830. The first-order chi connectivity index (χ1) is 11.3. The molecule has 120 valence electrons. The molecule has 1 N–H and O–H groups in total. The van der Waals surface area contributed by atoms with Gasteiger partial charge in [-0.1, -0.05) is 36.4 Å². The van der Waals surface area contributed by atoms with Crippen LogP contribution in [0.25, 0.3) is 0 Å². The normalized spacial score (nSPS) is 15.4. The molecular weight excluding hydrogens is 286 g/mol. The molecule has 0 bridgehead atoms. The van der Waals surface area contributed by atoms with Crippen LogP contribution in [0.1, 0.15) is 5.56 Å². The molecule has 1 saturated heterocycles. The van der Waals surface area contributed by atoms with E-state index in [0.29, 0.717) is 6.54 Å². The Hall–Kier alpha value is -2.40. The van der Waals surface area contributed by atoms with Crippen LogP contribution in [0.15, 0.2) is 55.4 Å². The SMILES string of the molecule is C=CCNc1cc(N2CCN(Cc3ccccc3)CC2)ncn1. The van der Waals surface area contributed by atoms with Gasteiger partial charge in [0.15, 0.2) is 0 Å². The van der Waals surface area contributed by atoms with Gasteiger partial charge in [0, 0.05) is 45.3 Å². The van der Waals surface area contributed by atoms with Gasteiger partial charge in [0.25, 0.3) is 0 Å². The number of piperazine rings is 1. The first-order valence-electron chi connectivity index (χ1n) is 8.03. The minimum atomic E-state index is 0.710. The maximum absolute atomic E-state index is 4.41. The Morgan fingerprint density at radius 2 is 1.87 bits per heavy atom. The minimum absolute atomic E-state index is 0.710. The molecule has 1 aromatic carbocycles. The van der Waals surface area contributed by atoms with Gasteiger partial charge in [0.1, 0.15) is 18.0 Å². The van der Waals surface area contributed by atoms with Crippen molar-refractivity contribution in [3.8, 4) is 0 Å². The van der Waals surface area contributed by atoms with Crippen LogP contribution >= 0.6 is 0 Å². The predicted octanol–water partition coefficient (Wildman–Crippen LogP) is 2.40. The second kappa shape index (κ2) is 7.74. The van der Waals surface area contributed by atoms with Crippen molar-refractivity contribution < 1.29 is 0 Å². The Balaban J connectivity index is 1.55. The Bertz CT molecular complexity index is 620. The first-order valence-corrected chi connectivity index (χ1v) is 8.03. The minimum Gasteiger partial charge on any atom is -0.366 e. The fraction of sp³-hybridized carbons (Fsp3) is 0.333. The lowest BCUT2D eigenvalue weighted by atomic mass is 10.2. The van der Waals surface area contributed by atoms with Crippen LogP contribution in [0, 0.1) is 0 Å². The van der Waals surface area contributed by atoms with Crippen molar-refractivity contribution in [3.63, 3.8) is 0 Å². The number of hydrogen-bond donors (Lipinski definition) is 1. The van der Waals surface area contributed by atoms with Crippen LogP contribution in [0.2, 0.25) is 0 Å². The van der Waals surface area contributed by atoms with Gasteiger partial charge >= 0.3 is 0 Å². The third-order valence-electron chi connectivity index (χ3n) is 4.03. The van der Waals surface area contributed by atoms with Crippen LogP contribution in [0.4, 0.5) is 11.6 Å². The van der Waals surface area contributed by atoms with Crippen LogP contribution in [-0.4, -0.2) is 47.6 Å². The fourth-order valence-electron chi connectivity index (χ4n) is 2.77. The van der Waals surface area contributed by atoms with Crippen molar-refractivity contribution in [2.75, 3.05) is 42.9 Å². The zero-order valence-electron chi connectivity index (χ0n) is 13.4. The van der Waals surface area contributed by atoms with E-state index in [-0.39, 0.29) is 0 Å². The second-order valence-electron chi connectivity index (χ2n) is 5.68. The van der Waals surface area contributed by atoms with Gasteiger partial charge in [0.05, 0.1) is 0 Å². The summed E-state index contributed by atoms with van der Waals surface area (Å²) >= 11 is 0. The monoisotopic (exact) mass is 309 g/mol. The Morgan fingerprint density at radius 1 is 1.09 bits per heavy atom.